The van der Waals surface area contributed by atoms with Crippen LogP contribution in [0.15, 0.2) is 18.3 Å². The fourth-order valence-electron chi connectivity index (χ4n) is 2.65. The van der Waals surface area contributed by atoms with Crippen molar-refractivity contribution in [2.24, 2.45) is 0 Å². The van der Waals surface area contributed by atoms with E-state index in [0.29, 0.717) is 6.04 Å². The number of hydrogen-bond acceptors (Lipinski definition) is 3. The van der Waals surface area contributed by atoms with E-state index < -0.39 is 0 Å². The van der Waals surface area contributed by atoms with Gasteiger partial charge in [0.1, 0.15) is 0 Å². The predicted octanol–water partition coefficient (Wildman–Crippen LogP) is 4.01. The molecule has 1 saturated heterocycles. The van der Waals surface area contributed by atoms with Gasteiger partial charge in [0.25, 0.3) is 0 Å². The maximum Gasteiger partial charge on any atom is 0.171 e. The lowest BCUT2D eigenvalue weighted by Gasteiger charge is -2.37. The Balaban J connectivity index is 2.22. The summed E-state index contributed by atoms with van der Waals surface area (Å²) < 4.78 is 5.91. The van der Waals surface area contributed by atoms with Crippen molar-refractivity contribution in [3.05, 3.63) is 18.3 Å². The molecule has 1 atom stereocenters. The van der Waals surface area contributed by atoms with Gasteiger partial charge in [0.15, 0.2) is 11.6 Å². The summed E-state index contributed by atoms with van der Waals surface area (Å²) in [5.41, 5.74) is 0. The molecule has 0 radical (unpaired) electrons. The molecule has 1 aliphatic heterocycles. The lowest BCUT2D eigenvalue weighted by Crippen LogP contribution is -2.40. The highest BCUT2D eigenvalue weighted by Gasteiger charge is 2.25. The van der Waals surface area contributed by atoms with Gasteiger partial charge >= 0.3 is 0 Å². The van der Waals surface area contributed by atoms with Crippen molar-refractivity contribution in [3.8, 4) is 5.75 Å². The van der Waals surface area contributed by atoms with Crippen LogP contribution in [0.25, 0.3) is 0 Å². The fraction of sp³-hybridized carbons (Fsp3) is 0.667. The summed E-state index contributed by atoms with van der Waals surface area (Å²) in [5, 5.41) is 1.04. The summed E-state index contributed by atoms with van der Waals surface area (Å²) in [5.74, 6) is 1.93. The topological polar surface area (TPSA) is 25.4 Å². The number of anilines is 1. The molecule has 19 heavy (non-hydrogen) atoms. The normalized spacial score (nSPS) is 19.8. The van der Waals surface area contributed by atoms with Crippen molar-refractivity contribution in [2.75, 3.05) is 16.8 Å². The van der Waals surface area contributed by atoms with Gasteiger partial charge in [-0.3, -0.25) is 0 Å². The first kappa shape index (κ1) is 14.6. The van der Waals surface area contributed by atoms with E-state index >= 15 is 0 Å². The first-order valence-corrected chi connectivity index (χ1v) is 8.28. The smallest absolute Gasteiger partial charge is 0.171 e. The molecular formula is C15H23BrN2O. The number of pyridine rings is 1. The molecule has 1 aliphatic rings. The Kier molecular flexibility index (Phi) is 5.49. The van der Waals surface area contributed by atoms with E-state index in [-0.39, 0.29) is 6.10 Å². The van der Waals surface area contributed by atoms with E-state index in [2.05, 4.69) is 39.7 Å². The standard InChI is InChI=1S/C15H23BrN2O/c1-12(2)19-14-7-5-10-17-15(14)18-11-4-3-6-13(18)8-9-16/h5,7,10,12-13H,3-4,6,8-9,11H2,1-2H3. The van der Waals surface area contributed by atoms with Crippen molar-refractivity contribution in [1.82, 2.24) is 4.98 Å². The van der Waals surface area contributed by atoms with Crippen molar-refractivity contribution in [1.29, 1.82) is 0 Å². The molecular weight excluding hydrogens is 304 g/mol. The number of ether oxygens (including phenoxy) is 1. The van der Waals surface area contributed by atoms with Gasteiger partial charge in [0.05, 0.1) is 6.10 Å². The van der Waals surface area contributed by atoms with E-state index in [1.165, 1.54) is 19.3 Å². The van der Waals surface area contributed by atoms with Gasteiger partial charge in [0.2, 0.25) is 0 Å². The van der Waals surface area contributed by atoms with Gasteiger partial charge in [0, 0.05) is 24.1 Å². The first-order valence-electron chi connectivity index (χ1n) is 7.16. The van der Waals surface area contributed by atoms with Crippen LogP contribution in [0.3, 0.4) is 0 Å². The number of halogens is 1. The molecule has 1 aromatic heterocycles. The quantitative estimate of drug-likeness (QED) is 0.764. The average molecular weight is 327 g/mol. The second kappa shape index (κ2) is 7.13. The van der Waals surface area contributed by atoms with E-state index in [0.717, 1.165) is 29.9 Å². The highest BCUT2D eigenvalue weighted by atomic mass is 79.9. The molecule has 1 unspecified atom stereocenters. The van der Waals surface area contributed by atoms with Crippen LogP contribution in [0.5, 0.6) is 5.75 Å². The molecule has 0 spiro atoms. The van der Waals surface area contributed by atoms with E-state index in [1.54, 1.807) is 0 Å². The summed E-state index contributed by atoms with van der Waals surface area (Å²) in [6, 6.07) is 4.56. The van der Waals surface area contributed by atoms with Crippen LogP contribution in [0.2, 0.25) is 0 Å². The van der Waals surface area contributed by atoms with Gasteiger partial charge in [-0.25, -0.2) is 4.98 Å². The van der Waals surface area contributed by atoms with E-state index in [4.69, 9.17) is 4.74 Å². The Labute approximate surface area is 124 Å². The molecule has 2 rings (SSSR count). The van der Waals surface area contributed by atoms with Crippen LogP contribution in [0, 0.1) is 0 Å². The Hall–Kier alpha value is -0.770. The van der Waals surface area contributed by atoms with Gasteiger partial charge in [-0.2, -0.15) is 0 Å². The summed E-state index contributed by atoms with van der Waals surface area (Å²) in [6.07, 6.45) is 7.03. The van der Waals surface area contributed by atoms with Gasteiger partial charge in [-0.15, -0.1) is 0 Å². The number of alkyl halides is 1. The minimum Gasteiger partial charge on any atom is -0.487 e. The molecule has 2 heterocycles. The van der Waals surface area contributed by atoms with Gasteiger partial charge in [-0.05, 0) is 51.7 Å². The van der Waals surface area contributed by atoms with E-state index in [9.17, 15) is 0 Å². The molecule has 1 fully saturated rings. The van der Waals surface area contributed by atoms with Crippen LogP contribution in [0.4, 0.5) is 5.82 Å². The summed E-state index contributed by atoms with van der Waals surface area (Å²) in [4.78, 5) is 7.01. The van der Waals surface area contributed by atoms with Crippen molar-refractivity contribution in [3.63, 3.8) is 0 Å². The Morgan fingerprint density at radius 2 is 2.32 bits per heavy atom. The van der Waals surface area contributed by atoms with Gasteiger partial charge in [-0.1, -0.05) is 15.9 Å². The van der Waals surface area contributed by atoms with Crippen LogP contribution < -0.4 is 9.64 Å². The molecule has 0 N–H and O–H groups in total. The summed E-state index contributed by atoms with van der Waals surface area (Å²) >= 11 is 3.57. The SMILES string of the molecule is CC(C)Oc1cccnc1N1CCCCC1CCBr. The van der Waals surface area contributed by atoms with Crippen molar-refractivity contribution < 1.29 is 4.74 Å². The maximum absolute atomic E-state index is 5.91. The second-order valence-electron chi connectivity index (χ2n) is 5.31. The molecule has 106 valence electrons. The third-order valence-corrected chi connectivity index (χ3v) is 3.91. The van der Waals surface area contributed by atoms with Gasteiger partial charge < -0.3 is 9.64 Å². The molecule has 0 bridgehead atoms. The molecule has 0 aliphatic carbocycles. The van der Waals surface area contributed by atoms with Crippen LogP contribution in [-0.2, 0) is 0 Å². The molecule has 3 nitrogen and oxygen atoms in total. The Morgan fingerprint density at radius 1 is 1.47 bits per heavy atom. The van der Waals surface area contributed by atoms with Crippen molar-refractivity contribution in [2.45, 2.75) is 51.7 Å². The third-order valence-electron chi connectivity index (χ3n) is 3.46. The van der Waals surface area contributed by atoms with Crippen LogP contribution in [-0.4, -0.2) is 29.0 Å². The molecule has 0 aromatic carbocycles. The third kappa shape index (κ3) is 3.85. The molecule has 1 aromatic rings. The predicted molar refractivity (Wildman–Crippen MR) is 83.4 cm³/mol. The monoisotopic (exact) mass is 326 g/mol. The Morgan fingerprint density at radius 3 is 3.05 bits per heavy atom. The largest absolute Gasteiger partial charge is 0.487 e. The first-order chi connectivity index (χ1) is 9.22. The van der Waals surface area contributed by atoms with Crippen LogP contribution in [0.1, 0.15) is 39.5 Å². The highest BCUT2D eigenvalue weighted by Crippen LogP contribution is 2.32. The molecule has 4 heteroatoms. The molecule has 0 saturated carbocycles. The highest BCUT2D eigenvalue weighted by molar-refractivity contribution is 9.09. The van der Waals surface area contributed by atoms with Crippen molar-refractivity contribution >= 4 is 21.7 Å². The van der Waals surface area contributed by atoms with Crippen LogP contribution >= 0.6 is 15.9 Å². The minimum absolute atomic E-state index is 0.183. The second-order valence-corrected chi connectivity index (χ2v) is 6.11. The lowest BCUT2D eigenvalue weighted by molar-refractivity contribution is 0.241. The number of nitrogens with zero attached hydrogens (tertiary/aromatic N) is 2. The maximum atomic E-state index is 5.91. The van der Waals surface area contributed by atoms with E-state index in [1.807, 2.05) is 18.3 Å². The summed E-state index contributed by atoms with van der Waals surface area (Å²) in [7, 11) is 0. The fourth-order valence-corrected chi connectivity index (χ4v) is 3.18. The number of rotatable bonds is 5. The average Bonchev–Trinajstić information content (AvgIpc) is 2.40. The summed E-state index contributed by atoms with van der Waals surface area (Å²) in [6.45, 7) is 5.20. The number of piperidine rings is 1. The zero-order chi connectivity index (χ0) is 13.7. The number of hydrogen-bond donors (Lipinski definition) is 0. The zero-order valence-electron chi connectivity index (χ0n) is 11.8. The lowest BCUT2D eigenvalue weighted by atomic mass is 10.00. The Bertz CT molecular complexity index is 395. The molecule has 0 amide bonds. The zero-order valence-corrected chi connectivity index (χ0v) is 13.4. The number of aromatic nitrogens is 1. The minimum atomic E-state index is 0.183.